The molecular weight excluding hydrogens is 733 g/mol. The first-order chi connectivity index (χ1) is 29.2. The molecule has 0 unspecified atom stereocenters. The van der Waals surface area contributed by atoms with E-state index in [4.69, 9.17) is 0 Å². The zero-order valence-corrected chi connectivity index (χ0v) is 33.1. The van der Waals surface area contributed by atoms with Crippen LogP contribution < -0.4 is 9.80 Å². The first-order valence-corrected chi connectivity index (χ1v) is 20.9. The van der Waals surface area contributed by atoms with Crippen molar-refractivity contribution >= 4 is 67.4 Å². The van der Waals surface area contributed by atoms with Gasteiger partial charge in [-0.15, -0.1) is 0 Å². The number of fused-ring (bicyclic) bond motifs is 3. The van der Waals surface area contributed by atoms with Gasteiger partial charge in [-0.25, -0.2) is 0 Å². The lowest BCUT2D eigenvalue weighted by atomic mass is 9.97. The van der Waals surface area contributed by atoms with Gasteiger partial charge in [0, 0.05) is 49.0 Å². The third kappa shape index (κ3) is 6.43. The zero-order valence-electron chi connectivity index (χ0n) is 32.2. The molecule has 278 valence electrons. The lowest BCUT2D eigenvalue weighted by Crippen LogP contribution is -2.10. The summed E-state index contributed by atoms with van der Waals surface area (Å²) in [6, 6.07) is 83.5. The summed E-state index contributed by atoms with van der Waals surface area (Å²) in [6.45, 7) is 0. The molecule has 1 aliphatic heterocycles. The van der Waals surface area contributed by atoms with Gasteiger partial charge in [-0.3, -0.25) is 0 Å². The van der Waals surface area contributed by atoms with Crippen molar-refractivity contribution in [3.05, 3.63) is 231 Å². The topological polar surface area (TPSA) is 6.48 Å². The summed E-state index contributed by atoms with van der Waals surface area (Å²) < 4.78 is 0. The summed E-state index contributed by atoms with van der Waals surface area (Å²) >= 11 is 1.86. The van der Waals surface area contributed by atoms with Crippen LogP contribution in [0, 0.1) is 0 Å². The number of hydrogen-bond donors (Lipinski definition) is 0. The molecule has 0 aliphatic carbocycles. The minimum atomic E-state index is 1.10. The zero-order chi connectivity index (χ0) is 39.1. The Morgan fingerprint density at radius 1 is 0.288 bits per heavy atom. The third-order valence-corrected chi connectivity index (χ3v) is 12.6. The predicted octanol–water partition coefficient (Wildman–Crippen LogP) is 16.4. The molecule has 0 atom stereocenters. The molecule has 10 aromatic carbocycles. The molecule has 0 saturated heterocycles. The van der Waals surface area contributed by atoms with Crippen molar-refractivity contribution in [3.8, 4) is 33.4 Å². The standard InChI is InChI=1S/C56H38N2S/c1-3-12-39(13-4-1)40-24-30-46(31-25-40)57(49-36-37-54-52(38-49)51-21-9-16-44-17-11-23-55(59-54)56(44)51)47-32-26-41(27-33-47)42-28-34-48(35-29-42)58(45-18-5-2-6-19-45)53-22-10-15-43-14-7-8-20-50(43)53/h1-38H. The van der Waals surface area contributed by atoms with E-state index in [0.29, 0.717) is 0 Å². The molecule has 0 fully saturated rings. The van der Waals surface area contributed by atoms with Crippen molar-refractivity contribution in [2.75, 3.05) is 9.80 Å². The van der Waals surface area contributed by atoms with Gasteiger partial charge in [0.05, 0.1) is 5.69 Å². The third-order valence-electron chi connectivity index (χ3n) is 11.4. The summed E-state index contributed by atoms with van der Waals surface area (Å²) in [6.07, 6.45) is 0. The van der Waals surface area contributed by atoms with Gasteiger partial charge in [-0.05, 0) is 123 Å². The van der Waals surface area contributed by atoms with Crippen LogP contribution in [0.15, 0.2) is 240 Å². The van der Waals surface area contributed by atoms with Gasteiger partial charge in [0.1, 0.15) is 0 Å². The SMILES string of the molecule is c1ccc(-c2ccc(N(c3ccc(-c4ccc(N(c5ccccc5)c5cccc6ccccc56)cc4)cc3)c3ccc4c(c3)-c3cccc5cccc(c35)S4)cc2)cc1. The molecule has 0 spiro atoms. The molecule has 0 radical (unpaired) electrons. The Hall–Kier alpha value is -7.33. The van der Waals surface area contributed by atoms with E-state index in [2.05, 4.69) is 240 Å². The normalized spacial score (nSPS) is 11.7. The summed E-state index contributed by atoms with van der Waals surface area (Å²) in [4.78, 5) is 7.34. The molecule has 0 saturated carbocycles. The van der Waals surface area contributed by atoms with Gasteiger partial charge in [0.25, 0.3) is 0 Å². The highest BCUT2D eigenvalue weighted by molar-refractivity contribution is 7.99. The molecule has 10 aromatic rings. The minimum Gasteiger partial charge on any atom is -0.310 e. The van der Waals surface area contributed by atoms with Crippen LogP contribution >= 0.6 is 11.8 Å². The van der Waals surface area contributed by atoms with Crippen molar-refractivity contribution in [1.29, 1.82) is 0 Å². The molecule has 0 aromatic heterocycles. The van der Waals surface area contributed by atoms with Crippen LogP contribution in [-0.4, -0.2) is 0 Å². The van der Waals surface area contributed by atoms with Crippen LogP contribution in [0.4, 0.5) is 34.1 Å². The average molecular weight is 771 g/mol. The minimum absolute atomic E-state index is 1.10. The van der Waals surface area contributed by atoms with Gasteiger partial charge >= 0.3 is 0 Å². The van der Waals surface area contributed by atoms with E-state index < -0.39 is 0 Å². The van der Waals surface area contributed by atoms with E-state index in [-0.39, 0.29) is 0 Å². The Bertz CT molecular complexity index is 3090. The number of rotatable bonds is 8. The van der Waals surface area contributed by atoms with Crippen LogP contribution in [0.1, 0.15) is 0 Å². The fourth-order valence-electron chi connectivity index (χ4n) is 8.59. The largest absolute Gasteiger partial charge is 0.310 e. The number of hydrogen-bond acceptors (Lipinski definition) is 3. The quantitative estimate of drug-likeness (QED) is 0.152. The fourth-order valence-corrected chi connectivity index (χ4v) is 9.71. The van der Waals surface area contributed by atoms with E-state index >= 15 is 0 Å². The molecule has 0 bridgehead atoms. The van der Waals surface area contributed by atoms with Crippen LogP contribution in [0.25, 0.3) is 54.9 Å². The summed E-state index contributed by atoms with van der Waals surface area (Å²) in [5, 5.41) is 5.06. The summed E-state index contributed by atoms with van der Waals surface area (Å²) in [5.41, 5.74) is 14.0. The first kappa shape index (κ1) is 34.9. The van der Waals surface area contributed by atoms with E-state index in [1.54, 1.807) is 0 Å². The summed E-state index contributed by atoms with van der Waals surface area (Å²) in [7, 11) is 0. The second kappa shape index (κ2) is 14.9. The molecule has 0 amide bonds. The van der Waals surface area contributed by atoms with E-state index in [1.807, 2.05) is 11.8 Å². The van der Waals surface area contributed by atoms with Crippen LogP contribution in [0.3, 0.4) is 0 Å². The molecule has 1 heterocycles. The fraction of sp³-hybridized carbons (Fsp3) is 0. The number of benzene rings is 10. The van der Waals surface area contributed by atoms with Crippen molar-refractivity contribution in [3.63, 3.8) is 0 Å². The van der Waals surface area contributed by atoms with Crippen LogP contribution in [-0.2, 0) is 0 Å². The van der Waals surface area contributed by atoms with Gasteiger partial charge < -0.3 is 9.80 Å². The van der Waals surface area contributed by atoms with Gasteiger partial charge in [0.2, 0.25) is 0 Å². The van der Waals surface area contributed by atoms with Crippen molar-refractivity contribution in [1.82, 2.24) is 0 Å². The maximum Gasteiger partial charge on any atom is 0.0540 e. The van der Waals surface area contributed by atoms with E-state index in [9.17, 15) is 0 Å². The monoisotopic (exact) mass is 770 g/mol. The average Bonchev–Trinajstić information content (AvgIpc) is 3.31. The van der Waals surface area contributed by atoms with Gasteiger partial charge in [0.15, 0.2) is 0 Å². The highest BCUT2D eigenvalue weighted by Gasteiger charge is 2.22. The Labute approximate surface area is 349 Å². The van der Waals surface area contributed by atoms with Gasteiger partial charge in [-0.1, -0.05) is 163 Å². The first-order valence-electron chi connectivity index (χ1n) is 20.1. The second-order valence-corrected chi connectivity index (χ2v) is 16.0. The van der Waals surface area contributed by atoms with Crippen LogP contribution in [0.5, 0.6) is 0 Å². The maximum atomic E-state index is 2.38. The number of anilines is 6. The lowest BCUT2D eigenvalue weighted by molar-refractivity contribution is 1.27. The van der Waals surface area contributed by atoms with Crippen molar-refractivity contribution in [2.45, 2.75) is 9.79 Å². The highest BCUT2D eigenvalue weighted by atomic mass is 32.2. The van der Waals surface area contributed by atoms with E-state index in [0.717, 1.165) is 34.1 Å². The number of para-hydroxylation sites is 1. The summed E-state index contributed by atoms with van der Waals surface area (Å²) in [5.74, 6) is 0. The molecule has 11 rings (SSSR count). The molecular formula is C56H38N2S. The molecule has 3 heteroatoms. The van der Waals surface area contributed by atoms with Crippen molar-refractivity contribution < 1.29 is 0 Å². The Balaban J connectivity index is 0.966. The Morgan fingerprint density at radius 2 is 0.780 bits per heavy atom. The lowest BCUT2D eigenvalue weighted by Gasteiger charge is -2.28. The molecule has 1 aliphatic rings. The number of nitrogens with zero attached hydrogens (tertiary/aromatic N) is 2. The Morgan fingerprint density at radius 3 is 1.46 bits per heavy atom. The Kier molecular flexibility index (Phi) is 8.79. The molecule has 59 heavy (non-hydrogen) atoms. The molecule has 2 nitrogen and oxygen atoms in total. The highest BCUT2D eigenvalue weighted by Crippen LogP contribution is 2.50. The molecule has 0 N–H and O–H groups in total. The predicted molar refractivity (Wildman–Crippen MR) is 251 cm³/mol. The van der Waals surface area contributed by atoms with Crippen molar-refractivity contribution in [2.24, 2.45) is 0 Å². The maximum absolute atomic E-state index is 2.38. The van der Waals surface area contributed by atoms with E-state index in [1.165, 1.54) is 64.7 Å². The van der Waals surface area contributed by atoms with Gasteiger partial charge in [-0.2, -0.15) is 0 Å². The second-order valence-electron chi connectivity index (χ2n) is 15.0. The smallest absolute Gasteiger partial charge is 0.0540 e. The van der Waals surface area contributed by atoms with Crippen LogP contribution in [0.2, 0.25) is 0 Å².